The lowest BCUT2D eigenvalue weighted by molar-refractivity contribution is 0.603. The summed E-state index contributed by atoms with van der Waals surface area (Å²) in [7, 11) is -3.69. The SMILES string of the molecule is Cc1ccncc1NS(N)(=O)=O. The Kier molecular flexibility index (Phi) is 2.30. The lowest BCUT2D eigenvalue weighted by Gasteiger charge is -2.04. The van der Waals surface area contributed by atoms with E-state index in [9.17, 15) is 8.42 Å². The first kappa shape index (κ1) is 8.95. The molecular formula is C6H9N3O2S. The van der Waals surface area contributed by atoms with Crippen molar-refractivity contribution in [3.63, 3.8) is 0 Å². The molecule has 1 aromatic rings. The van der Waals surface area contributed by atoms with Gasteiger partial charge in [-0.25, -0.2) is 5.14 Å². The van der Waals surface area contributed by atoms with Gasteiger partial charge >= 0.3 is 0 Å². The molecule has 6 heteroatoms. The topological polar surface area (TPSA) is 85.1 Å². The molecule has 0 aliphatic heterocycles. The van der Waals surface area contributed by atoms with Gasteiger partial charge in [0.05, 0.1) is 11.9 Å². The van der Waals surface area contributed by atoms with Crippen molar-refractivity contribution >= 4 is 15.9 Å². The Hall–Kier alpha value is -1.14. The summed E-state index contributed by atoms with van der Waals surface area (Å²) in [6.45, 7) is 1.76. The van der Waals surface area contributed by atoms with E-state index in [1.165, 1.54) is 6.20 Å². The summed E-state index contributed by atoms with van der Waals surface area (Å²) >= 11 is 0. The minimum Gasteiger partial charge on any atom is -0.269 e. The fourth-order valence-electron chi connectivity index (χ4n) is 0.724. The third-order valence-electron chi connectivity index (χ3n) is 1.29. The van der Waals surface area contributed by atoms with E-state index < -0.39 is 10.2 Å². The zero-order chi connectivity index (χ0) is 9.19. The number of nitrogens with two attached hydrogens (primary N) is 1. The number of aryl methyl sites for hydroxylation is 1. The molecule has 0 atom stereocenters. The summed E-state index contributed by atoms with van der Waals surface area (Å²) in [5, 5.41) is 4.77. The van der Waals surface area contributed by atoms with Gasteiger partial charge in [0.25, 0.3) is 10.2 Å². The lowest BCUT2D eigenvalue weighted by Crippen LogP contribution is -2.22. The Morgan fingerprint density at radius 2 is 2.25 bits per heavy atom. The van der Waals surface area contributed by atoms with Gasteiger partial charge in [-0.1, -0.05) is 0 Å². The number of nitrogens with one attached hydrogen (secondary N) is 1. The molecule has 0 aliphatic rings. The van der Waals surface area contributed by atoms with Crippen molar-refractivity contribution in [1.29, 1.82) is 0 Å². The van der Waals surface area contributed by atoms with Crippen LogP contribution in [-0.2, 0) is 10.2 Å². The average Bonchev–Trinajstić information content (AvgIpc) is 1.91. The van der Waals surface area contributed by atoms with Gasteiger partial charge < -0.3 is 0 Å². The highest BCUT2D eigenvalue weighted by Gasteiger charge is 2.03. The smallest absolute Gasteiger partial charge is 0.269 e. The van der Waals surface area contributed by atoms with Crippen LogP contribution in [0.25, 0.3) is 0 Å². The first-order valence-electron chi connectivity index (χ1n) is 3.20. The van der Waals surface area contributed by atoms with Crippen LogP contribution >= 0.6 is 0 Å². The number of hydrogen-bond donors (Lipinski definition) is 2. The molecule has 3 N–H and O–H groups in total. The zero-order valence-corrected chi connectivity index (χ0v) is 7.30. The first-order chi connectivity index (χ1) is 5.49. The zero-order valence-electron chi connectivity index (χ0n) is 6.48. The van der Waals surface area contributed by atoms with Crippen molar-refractivity contribution in [3.8, 4) is 0 Å². The van der Waals surface area contributed by atoms with Gasteiger partial charge in [0.1, 0.15) is 0 Å². The highest BCUT2D eigenvalue weighted by Crippen LogP contribution is 2.11. The van der Waals surface area contributed by atoms with Crippen LogP contribution in [0.4, 0.5) is 5.69 Å². The molecule has 0 amide bonds. The van der Waals surface area contributed by atoms with Gasteiger partial charge in [0.15, 0.2) is 0 Å². The third kappa shape index (κ3) is 2.48. The predicted molar refractivity (Wildman–Crippen MR) is 45.7 cm³/mol. The maximum atomic E-state index is 10.6. The summed E-state index contributed by atoms with van der Waals surface area (Å²) in [6.07, 6.45) is 2.98. The maximum Gasteiger partial charge on any atom is 0.296 e. The summed E-state index contributed by atoms with van der Waals surface area (Å²) in [6, 6.07) is 1.69. The summed E-state index contributed by atoms with van der Waals surface area (Å²) in [5.74, 6) is 0. The van der Waals surface area contributed by atoms with Gasteiger partial charge in [0, 0.05) is 6.20 Å². The van der Waals surface area contributed by atoms with Crippen LogP contribution < -0.4 is 9.86 Å². The number of aromatic nitrogens is 1. The second-order valence-corrected chi connectivity index (χ2v) is 3.63. The van der Waals surface area contributed by atoms with Crippen LogP contribution in [0.1, 0.15) is 5.56 Å². The highest BCUT2D eigenvalue weighted by atomic mass is 32.2. The maximum absolute atomic E-state index is 10.6. The molecule has 0 aromatic carbocycles. The molecule has 0 saturated carbocycles. The van der Waals surface area contributed by atoms with Crippen LogP contribution in [0.5, 0.6) is 0 Å². The summed E-state index contributed by atoms with van der Waals surface area (Å²) in [5.41, 5.74) is 1.18. The molecule has 1 heterocycles. The van der Waals surface area contributed by atoms with E-state index in [0.29, 0.717) is 5.69 Å². The van der Waals surface area contributed by atoms with Crippen molar-refractivity contribution in [1.82, 2.24) is 4.98 Å². The fourth-order valence-corrected chi connectivity index (χ4v) is 1.24. The molecule has 0 bridgehead atoms. The molecule has 12 heavy (non-hydrogen) atoms. The molecule has 0 unspecified atom stereocenters. The first-order valence-corrected chi connectivity index (χ1v) is 4.75. The largest absolute Gasteiger partial charge is 0.296 e. The molecule has 1 rings (SSSR count). The Morgan fingerprint density at radius 1 is 1.58 bits per heavy atom. The Bertz CT molecular complexity index is 374. The Balaban J connectivity index is 2.98. The highest BCUT2D eigenvalue weighted by molar-refractivity contribution is 7.90. The van der Waals surface area contributed by atoms with Crippen LogP contribution in [0, 0.1) is 6.92 Å². The third-order valence-corrected chi connectivity index (χ3v) is 1.80. The number of rotatable bonds is 2. The summed E-state index contributed by atoms with van der Waals surface area (Å²) in [4.78, 5) is 3.75. The minimum atomic E-state index is -3.69. The standard InChI is InChI=1S/C6H9N3O2S/c1-5-2-3-8-4-6(5)9-12(7,10)11/h2-4,9H,1H3,(H2,7,10,11). The summed E-state index contributed by atoms with van der Waals surface area (Å²) < 4.78 is 23.3. The molecule has 66 valence electrons. The van der Waals surface area contributed by atoms with Crippen molar-refractivity contribution in [2.45, 2.75) is 6.92 Å². The fraction of sp³-hybridized carbons (Fsp3) is 0.167. The van der Waals surface area contributed by atoms with Crippen LogP contribution in [-0.4, -0.2) is 13.4 Å². The minimum absolute atomic E-state index is 0.403. The quantitative estimate of drug-likeness (QED) is 0.683. The molecule has 0 radical (unpaired) electrons. The molecule has 0 spiro atoms. The van der Waals surface area contributed by atoms with E-state index in [1.807, 2.05) is 0 Å². The van der Waals surface area contributed by atoms with E-state index in [-0.39, 0.29) is 0 Å². The van der Waals surface area contributed by atoms with Crippen LogP contribution in [0.2, 0.25) is 0 Å². The number of nitrogens with zero attached hydrogens (tertiary/aromatic N) is 1. The van der Waals surface area contributed by atoms with Crippen LogP contribution in [0.3, 0.4) is 0 Å². The molecular weight excluding hydrogens is 178 g/mol. The van der Waals surface area contributed by atoms with E-state index in [2.05, 4.69) is 9.71 Å². The number of pyridine rings is 1. The molecule has 5 nitrogen and oxygen atoms in total. The molecule has 0 aliphatic carbocycles. The monoisotopic (exact) mass is 187 g/mol. The van der Waals surface area contributed by atoms with Gasteiger partial charge in [-0.05, 0) is 18.6 Å². The Morgan fingerprint density at radius 3 is 2.75 bits per heavy atom. The second-order valence-electron chi connectivity index (χ2n) is 2.34. The molecule has 1 aromatic heterocycles. The van der Waals surface area contributed by atoms with Crippen LogP contribution in [0.15, 0.2) is 18.5 Å². The van der Waals surface area contributed by atoms with Gasteiger partial charge in [-0.15, -0.1) is 0 Å². The van der Waals surface area contributed by atoms with Gasteiger partial charge in [0.2, 0.25) is 0 Å². The molecule has 0 saturated heterocycles. The van der Waals surface area contributed by atoms with Crippen molar-refractivity contribution in [2.24, 2.45) is 5.14 Å². The Labute approximate surface area is 70.8 Å². The van der Waals surface area contributed by atoms with Gasteiger partial charge in [-0.2, -0.15) is 8.42 Å². The van der Waals surface area contributed by atoms with E-state index in [1.54, 1.807) is 19.2 Å². The van der Waals surface area contributed by atoms with Crippen molar-refractivity contribution in [3.05, 3.63) is 24.0 Å². The van der Waals surface area contributed by atoms with E-state index >= 15 is 0 Å². The predicted octanol–water partition coefficient (Wildman–Crippen LogP) is 0.00542. The van der Waals surface area contributed by atoms with E-state index in [0.717, 1.165) is 5.56 Å². The van der Waals surface area contributed by atoms with Crippen molar-refractivity contribution < 1.29 is 8.42 Å². The molecule has 0 fully saturated rings. The van der Waals surface area contributed by atoms with Gasteiger partial charge in [-0.3, -0.25) is 9.71 Å². The second kappa shape index (κ2) is 3.08. The number of hydrogen-bond acceptors (Lipinski definition) is 3. The van der Waals surface area contributed by atoms with Crippen molar-refractivity contribution in [2.75, 3.05) is 4.72 Å². The normalized spacial score (nSPS) is 11.2. The average molecular weight is 187 g/mol. The van der Waals surface area contributed by atoms with E-state index in [4.69, 9.17) is 5.14 Å². The number of anilines is 1. The lowest BCUT2D eigenvalue weighted by atomic mass is 10.3.